The van der Waals surface area contributed by atoms with Crippen LogP contribution in [0.2, 0.25) is 0 Å². The van der Waals surface area contributed by atoms with Crippen LogP contribution in [0.1, 0.15) is 20.3 Å². The van der Waals surface area contributed by atoms with Gasteiger partial charge in [-0.3, -0.25) is 4.79 Å². The van der Waals surface area contributed by atoms with Crippen molar-refractivity contribution >= 4 is 21.4 Å². The van der Waals surface area contributed by atoms with E-state index in [0.29, 0.717) is 5.69 Å². The molecule has 1 heterocycles. The lowest BCUT2D eigenvalue weighted by atomic mass is 10.1. The van der Waals surface area contributed by atoms with Crippen molar-refractivity contribution in [2.45, 2.75) is 29.9 Å². The lowest BCUT2D eigenvalue weighted by Crippen LogP contribution is -2.35. The summed E-state index contributed by atoms with van der Waals surface area (Å²) in [6.07, 6.45) is 0.000509. The van der Waals surface area contributed by atoms with Gasteiger partial charge in [-0.05, 0) is 26.0 Å². The van der Waals surface area contributed by atoms with Gasteiger partial charge in [-0.25, -0.2) is 8.42 Å². The zero-order chi connectivity index (χ0) is 12.8. The number of fused-ring (bicyclic) bond motifs is 1. The molecule has 4 nitrogen and oxygen atoms in total. The Labute approximate surface area is 101 Å². The van der Waals surface area contributed by atoms with Crippen LogP contribution in [-0.2, 0) is 14.6 Å². The highest BCUT2D eigenvalue weighted by Gasteiger charge is 2.43. The molecule has 0 saturated carbocycles. The second kappa shape index (κ2) is 3.57. The summed E-state index contributed by atoms with van der Waals surface area (Å²) in [5.74, 6) is -0.177. The van der Waals surface area contributed by atoms with Gasteiger partial charge in [0, 0.05) is 13.5 Å². The molecule has 0 spiro atoms. The van der Waals surface area contributed by atoms with E-state index in [1.807, 2.05) is 0 Å². The first-order valence-corrected chi connectivity index (χ1v) is 6.86. The minimum absolute atomic E-state index is 0.000509. The number of carbonyl (C=O) groups excluding carboxylic acids is 1. The minimum atomic E-state index is -3.49. The van der Waals surface area contributed by atoms with Crippen LogP contribution >= 0.6 is 0 Å². The van der Waals surface area contributed by atoms with E-state index < -0.39 is 14.6 Å². The molecule has 2 rings (SSSR count). The van der Waals surface area contributed by atoms with Crippen LogP contribution in [0.4, 0.5) is 5.69 Å². The lowest BCUT2D eigenvalue weighted by Gasteiger charge is -2.21. The summed E-state index contributed by atoms with van der Waals surface area (Å²) in [6, 6.07) is 6.63. The summed E-state index contributed by atoms with van der Waals surface area (Å²) in [4.78, 5) is 13.6. The molecule has 1 aromatic rings. The minimum Gasteiger partial charge on any atom is -0.314 e. The molecule has 92 valence electrons. The Morgan fingerprint density at radius 3 is 2.47 bits per heavy atom. The van der Waals surface area contributed by atoms with Crippen molar-refractivity contribution in [1.82, 2.24) is 0 Å². The number of nitrogens with zero attached hydrogens (tertiary/aromatic N) is 1. The number of amides is 1. The summed E-state index contributed by atoms with van der Waals surface area (Å²) < 4.78 is 23.9. The summed E-state index contributed by atoms with van der Waals surface area (Å²) >= 11 is 0. The number of benzene rings is 1. The molecule has 1 aliphatic rings. The predicted octanol–water partition coefficient (Wildman–Crippen LogP) is 1.61. The van der Waals surface area contributed by atoms with Gasteiger partial charge in [0.2, 0.25) is 5.91 Å². The van der Waals surface area contributed by atoms with Gasteiger partial charge in [-0.1, -0.05) is 12.1 Å². The Balaban J connectivity index is 2.80. The Morgan fingerprint density at radius 1 is 1.24 bits per heavy atom. The fourth-order valence-corrected chi connectivity index (χ4v) is 3.62. The van der Waals surface area contributed by atoms with Crippen molar-refractivity contribution in [3.05, 3.63) is 24.3 Å². The van der Waals surface area contributed by atoms with Gasteiger partial charge in [0.15, 0.2) is 9.84 Å². The number of sulfone groups is 1. The van der Waals surface area contributed by atoms with Gasteiger partial charge in [-0.15, -0.1) is 0 Å². The van der Waals surface area contributed by atoms with Crippen LogP contribution < -0.4 is 4.90 Å². The summed E-state index contributed by atoms with van der Waals surface area (Å²) in [5, 5.41) is 0. The van der Waals surface area contributed by atoms with Gasteiger partial charge >= 0.3 is 0 Å². The van der Waals surface area contributed by atoms with Gasteiger partial charge in [0.25, 0.3) is 0 Å². The first kappa shape index (κ1) is 12.1. The third-order valence-corrected chi connectivity index (χ3v) is 5.72. The maximum atomic E-state index is 12.5. The number of hydrogen-bond donors (Lipinski definition) is 0. The highest BCUT2D eigenvalue weighted by atomic mass is 32.2. The van der Waals surface area contributed by atoms with Crippen LogP contribution in [0.15, 0.2) is 29.2 Å². The number of rotatable bonds is 0. The number of para-hydroxylation sites is 1. The Kier molecular flexibility index (Phi) is 2.54. The average Bonchev–Trinajstić information content (AvgIpc) is 2.30. The van der Waals surface area contributed by atoms with Gasteiger partial charge in [0.1, 0.15) is 0 Å². The maximum absolute atomic E-state index is 12.5. The van der Waals surface area contributed by atoms with Crippen LogP contribution in [0.5, 0.6) is 0 Å². The van der Waals surface area contributed by atoms with Crippen molar-refractivity contribution in [2.75, 3.05) is 11.9 Å². The lowest BCUT2D eigenvalue weighted by molar-refractivity contribution is -0.118. The molecule has 1 amide bonds. The molecule has 17 heavy (non-hydrogen) atoms. The Hall–Kier alpha value is -1.36. The van der Waals surface area contributed by atoms with Gasteiger partial charge in [-0.2, -0.15) is 0 Å². The molecule has 0 unspecified atom stereocenters. The molecular weight excluding hydrogens is 238 g/mol. The van der Waals surface area contributed by atoms with Crippen LogP contribution in [-0.4, -0.2) is 26.1 Å². The van der Waals surface area contributed by atoms with E-state index in [9.17, 15) is 13.2 Å². The van der Waals surface area contributed by atoms with E-state index >= 15 is 0 Å². The van der Waals surface area contributed by atoms with E-state index in [1.165, 1.54) is 4.90 Å². The number of carbonyl (C=O) groups is 1. The molecule has 0 N–H and O–H groups in total. The molecular formula is C12H15NO3S. The van der Waals surface area contributed by atoms with Crippen molar-refractivity contribution in [2.24, 2.45) is 0 Å². The van der Waals surface area contributed by atoms with E-state index in [2.05, 4.69) is 0 Å². The molecule has 0 radical (unpaired) electrons. The highest BCUT2D eigenvalue weighted by Crippen LogP contribution is 2.37. The zero-order valence-electron chi connectivity index (χ0n) is 10.1. The third-order valence-electron chi connectivity index (χ3n) is 3.19. The average molecular weight is 253 g/mol. The van der Waals surface area contributed by atoms with Crippen molar-refractivity contribution < 1.29 is 13.2 Å². The van der Waals surface area contributed by atoms with Crippen molar-refractivity contribution in [3.8, 4) is 0 Å². The molecule has 1 aliphatic heterocycles. The van der Waals surface area contributed by atoms with E-state index in [1.54, 1.807) is 45.2 Å². The normalized spacial score (nSPS) is 21.8. The standard InChI is InChI=1S/C12H15NO3S/c1-12(2)8-11(14)13(3)9-6-4-5-7-10(9)17(12,15)16/h4-7H,8H2,1-3H3. The fraction of sp³-hybridized carbons (Fsp3) is 0.417. The van der Waals surface area contributed by atoms with Crippen molar-refractivity contribution in [1.29, 1.82) is 0 Å². The maximum Gasteiger partial charge on any atom is 0.228 e. The predicted molar refractivity (Wildman–Crippen MR) is 65.7 cm³/mol. The quantitative estimate of drug-likeness (QED) is 0.705. The molecule has 0 aliphatic carbocycles. The smallest absolute Gasteiger partial charge is 0.228 e. The van der Waals surface area contributed by atoms with Crippen LogP contribution in [0.25, 0.3) is 0 Å². The zero-order valence-corrected chi connectivity index (χ0v) is 10.9. The molecule has 1 aromatic carbocycles. The van der Waals surface area contributed by atoms with E-state index in [0.717, 1.165) is 0 Å². The largest absolute Gasteiger partial charge is 0.314 e. The molecule has 0 aromatic heterocycles. The van der Waals surface area contributed by atoms with Gasteiger partial charge in [0.05, 0.1) is 15.3 Å². The van der Waals surface area contributed by atoms with E-state index in [4.69, 9.17) is 0 Å². The van der Waals surface area contributed by atoms with Crippen molar-refractivity contribution in [3.63, 3.8) is 0 Å². The number of anilines is 1. The molecule has 0 saturated heterocycles. The monoisotopic (exact) mass is 253 g/mol. The molecule has 0 bridgehead atoms. The highest BCUT2D eigenvalue weighted by molar-refractivity contribution is 7.93. The molecule has 0 atom stereocenters. The first-order chi connectivity index (χ1) is 7.77. The van der Waals surface area contributed by atoms with E-state index in [-0.39, 0.29) is 17.2 Å². The SMILES string of the molecule is CN1C(=O)CC(C)(C)S(=O)(=O)c2ccccc21. The number of hydrogen-bond acceptors (Lipinski definition) is 3. The first-order valence-electron chi connectivity index (χ1n) is 5.37. The van der Waals surface area contributed by atoms with Gasteiger partial charge < -0.3 is 4.90 Å². The fourth-order valence-electron chi connectivity index (χ4n) is 1.97. The molecule has 5 heteroatoms. The van der Waals surface area contributed by atoms with Crippen LogP contribution in [0.3, 0.4) is 0 Å². The van der Waals surface area contributed by atoms with Crippen LogP contribution in [0, 0.1) is 0 Å². The summed E-state index contributed by atoms with van der Waals surface area (Å²) in [7, 11) is -1.88. The Morgan fingerprint density at radius 2 is 1.82 bits per heavy atom. The molecule has 0 fully saturated rings. The summed E-state index contributed by atoms with van der Waals surface area (Å²) in [5.41, 5.74) is 0.461. The second-order valence-electron chi connectivity index (χ2n) is 4.86. The third kappa shape index (κ3) is 1.65. The summed E-state index contributed by atoms with van der Waals surface area (Å²) in [6.45, 7) is 3.19. The Bertz CT molecular complexity index is 575. The topological polar surface area (TPSA) is 54.5 Å². The second-order valence-corrected chi connectivity index (χ2v) is 7.41.